The number of carbonyl (C=O) groups excluding carboxylic acids is 1. The molecule has 0 aliphatic rings. The molecule has 0 spiro atoms. The van der Waals surface area contributed by atoms with Crippen molar-refractivity contribution in [1.82, 2.24) is 15.1 Å². The molecule has 0 aliphatic heterocycles. The first-order chi connectivity index (χ1) is 30.3. The second kappa shape index (κ2) is 23.2. The number of aliphatic imine (C=N–C) groups is 1. The second-order valence-corrected chi connectivity index (χ2v) is 22.2. The highest BCUT2D eigenvalue weighted by Crippen LogP contribution is 2.37. The maximum absolute atomic E-state index is 13.8. The van der Waals surface area contributed by atoms with Crippen LogP contribution in [0.25, 0.3) is 0 Å². The molecule has 15 heteroatoms. The van der Waals surface area contributed by atoms with Crippen LogP contribution in [0.2, 0.25) is 5.04 Å². The summed E-state index contributed by atoms with van der Waals surface area (Å²) in [6.45, 7) is 6.65. The van der Waals surface area contributed by atoms with Crippen molar-refractivity contribution in [2.75, 3.05) is 33.6 Å². The lowest BCUT2D eigenvalue weighted by molar-refractivity contribution is -0.129. The van der Waals surface area contributed by atoms with Gasteiger partial charge in [0, 0.05) is 6.42 Å². The van der Waals surface area contributed by atoms with E-state index in [2.05, 4.69) is 71.9 Å². The van der Waals surface area contributed by atoms with Gasteiger partial charge >= 0.3 is 6.09 Å². The topological polar surface area (TPSA) is 148 Å². The van der Waals surface area contributed by atoms with Crippen molar-refractivity contribution >= 4 is 51.7 Å². The van der Waals surface area contributed by atoms with Gasteiger partial charge in [-0.25, -0.2) is 13.2 Å². The van der Waals surface area contributed by atoms with E-state index in [1.165, 1.54) is 19.2 Å². The Labute approximate surface area is 377 Å². The number of methoxy groups -OCH3 is 2. The van der Waals surface area contributed by atoms with E-state index in [4.69, 9.17) is 18.6 Å². The van der Waals surface area contributed by atoms with Gasteiger partial charge in [0.1, 0.15) is 24.1 Å². The Balaban J connectivity index is 1.49. The van der Waals surface area contributed by atoms with Gasteiger partial charge in [0.2, 0.25) is 0 Å². The minimum Gasteiger partial charge on any atom is -0.497 e. The van der Waals surface area contributed by atoms with Crippen LogP contribution < -0.4 is 29.9 Å². The molecule has 0 aliphatic carbocycles. The average Bonchev–Trinajstić information content (AvgIpc) is 3.29. The minimum absolute atomic E-state index is 0.0258. The molecule has 0 bridgehead atoms. The minimum atomic E-state index is -3.92. The van der Waals surface area contributed by atoms with Crippen molar-refractivity contribution in [2.24, 2.45) is 4.99 Å². The van der Waals surface area contributed by atoms with E-state index in [1.54, 1.807) is 37.6 Å². The molecule has 0 radical (unpaired) electrons. The quantitative estimate of drug-likeness (QED) is 0.0206. The summed E-state index contributed by atoms with van der Waals surface area (Å²) >= 11 is 1.15. The summed E-state index contributed by atoms with van der Waals surface area (Å²) < 4.78 is 52.4. The number of thioether (sulfide) groups is 1. The summed E-state index contributed by atoms with van der Waals surface area (Å²) in [6.07, 6.45) is 1.21. The lowest BCUT2D eigenvalue weighted by Crippen LogP contribution is -2.68. The van der Waals surface area contributed by atoms with Crippen molar-refractivity contribution in [3.8, 4) is 23.3 Å². The number of carbonyl (C=O) groups is 1. The standard InChI is InChI=1S/C48H56N4O8S2Si/c1-48(2,3)63(42-20-12-8-13-21-42,43-22-14-9-15-23-43)60-36-44(50-47(53)59-35-38-18-10-7-11-19-38)45(52(54)34-37-25-27-39(57-4)28-26-37)24-16-17-33-49-46(61-6)51-62(55,56)41-31-29-40(58-5)30-32-41/h7-15,18-23,25-32,44-45,54H,17,33-36H2,1-6H3,(H,49,51)(H,50,53)/t44-,45+/m0/s1. The van der Waals surface area contributed by atoms with Gasteiger partial charge in [0.05, 0.1) is 44.9 Å². The summed E-state index contributed by atoms with van der Waals surface area (Å²) in [4.78, 5) is 18.3. The lowest BCUT2D eigenvalue weighted by atomic mass is 10.1. The van der Waals surface area contributed by atoms with Crippen LogP contribution in [-0.4, -0.2) is 84.0 Å². The Bertz CT molecular complexity index is 2350. The third-order valence-electron chi connectivity index (χ3n) is 10.1. The molecule has 3 N–H and O–H groups in total. The van der Waals surface area contributed by atoms with Gasteiger partial charge in [-0.05, 0) is 69.2 Å². The van der Waals surface area contributed by atoms with Gasteiger partial charge in [-0.15, -0.1) is 0 Å². The second-order valence-electron chi connectivity index (χ2n) is 15.4. The Kier molecular flexibility index (Phi) is 17.8. The summed E-state index contributed by atoms with van der Waals surface area (Å²) in [7, 11) is -3.97. The fourth-order valence-corrected chi connectivity index (χ4v) is 13.3. The summed E-state index contributed by atoms with van der Waals surface area (Å²) in [5.41, 5.74) is 1.57. The van der Waals surface area contributed by atoms with Crippen LogP contribution >= 0.6 is 11.8 Å². The van der Waals surface area contributed by atoms with Crippen molar-refractivity contribution in [2.45, 2.75) is 62.4 Å². The van der Waals surface area contributed by atoms with Crippen molar-refractivity contribution in [3.63, 3.8) is 0 Å². The number of hydrogen-bond acceptors (Lipinski definition) is 11. The lowest BCUT2D eigenvalue weighted by Gasteiger charge is -2.44. The zero-order valence-electron chi connectivity index (χ0n) is 36.5. The van der Waals surface area contributed by atoms with Crippen LogP contribution in [0.4, 0.5) is 4.79 Å². The average molecular weight is 909 g/mol. The van der Waals surface area contributed by atoms with Crippen LogP contribution in [0.1, 0.15) is 38.3 Å². The predicted octanol–water partition coefficient (Wildman–Crippen LogP) is 7.23. The molecule has 5 rings (SSSR count). The predicted molar refractivity (Wildman–Crippen MR) is 253 cm³/mol. The Hall–Kier alpha value is -5.60. The fraction of sp³-hybridized carbons (Fsp3) is 0.292. The van der Waals surface area contributed by atoms with E-state index in [-0.39, 0.29) is 47.8 Å². The van der Waals surface area contributed by atoms with Crippen molar-refractivity contribution < 1.29 is 37.1 Å². The third-order valence-corrected chi connectivity index (χ3v) is 17.3. The zero-order chi connectivity index (χ0) is 45.3. The van der Waals surface area contributed by atoms with Gasteiger partial charge in [-0.2, -0.15) is 5.06 Å². The first kappa shape index (κ1) is 48.4. The van der Waals surface area contributed by atoms with Crippen molar-refractivity contribution in [3.05, 3.63) is 151 Å². The highest BCUT2D eigenvalue weighted by molar-refractivity contribution is 8.14. The first-order valence-corrected chi connectivity index (χ1v) is 25.0. The van der Waals surface area contributed by atoms with E-state index in [1.807, 2.05) is 78.9 Å². The first-order valence-electron chi connectivity index (χ1n) is 20.3. The molecule has 0 saturated heterocycles. The van der Waals surface area contributed by atoms with Crippen LogP contribution in [0.3, 0.4) is 0 Å². The molecular formula is C48H56N4O8S2Si. The molecule has 0 aromatic heterocycles. The number of hydroxylamine groups is 2. The molecule has 0 heterocycles. The molecule has 5 aromatic carbocycles. The number of amides is 1. The molecule has 0 fully saturated rings. The number of nitrogens with zero attached hydrogens (tertiary/aromatic N) is 2. The monoisotopic (exact) mass is 908 g/mol. The van der Waals surface area contributed by atoms with Gasteiger partial charge in [-0.1, -0.05) is 148 Å². The fourth-order valence-electron chi connectivity index (χ4n) is 6.96. The number of nitrogens with one attached hydrogen (secondary N) is 2. The maximum atomic E-state index is 13.8. The Morgan fingerprint density at radius 2 is 1.35 bits per heavy atom. The van der Waals surface area contributed by atoms with Crippen molar-refractivity contribution in [1.29, 1.82) is 0 Å². The number of sulfonamides is 1. The summed E-state index contributed by atoms with van der Waals surface area (Å²) in [5, 5.41) is 18.0. The molecule has 63 heavy (non-hydrogen) atoms. The van der Waals surface area contributed by atoms with Gasteiger partial charge in [0.25, 0.3) is 18.3 Å². The number of benzene rings is 5. The van der Waals surface area contributed by atoms with E-state index >= 15 is 0 Å². The highest BCUT2D eigenvalue weighted by Gasteiger charge is 2.51. The van der Waals surface area contributed by atoms with Crippen LogP contribution in [0.15, 0.2) is 149 Å². The molecule has 2 atom stereocenters. The number of alkyl carbamates (subject to hydrolysis) is 1. The summed E-state index contributed by atoms with van der Waals surface area (Å²) in [6, 6.07) is 41.0. The van der Waals surface area contributed by atoms with E-state index in [0.29, 0.717) is 11.5 Å². The van der Waals surface area contributed by atoms with E-state index < -0.39 is 36.5 Å². The van der Waals surface area contributed by atoms with Gasteiger partial charge in [-0.3, -0.25) is 9.71 Å². The summed E-state index contributed by atoms with van der Waals surface area (Å²) in [5.74, 6) is 7.55. The Morgan fingerprint density at radius 3 is 1.87 bits per heavy atom. The molecule has 1 amide bonds. The van der Waals surface area contributed by atoms with Gasteiger partial charge < -0.3 is 29.2 Å². The maximum Gasteiger partial charge on any atom is 0.407 e. The molecule has 0 saturated carbocycles. The smallest absolute Gasteiger partial charge is 0.407 e. The third kappa shape index (κ3) is 13.4. The normalized spacial score (nSPS) is 13.0. The number of amidine groups is 1. The van der Waals surface area contributed by atoms with Crippen LogP contribution in [-0.2, 0) is 32.3 Å². The van der Waals surface area contributed by atoms with E-state index in [0.717, 1.165) is 38.3 Å². The molecule has 12 nitrogen and oxygen atoms in total. The number of rotatable bonds is 18. The van der Waals surface area contributed by atoms with E-state index in [9.17, 15) is 18.4 Å². The largest absolute Gasteiger partial charge is 0.497 e. The molecule has 332 valence electrons. The number of hydrogen-bond donors (Lipinski definition) is 3. The molecule has 0 unspecified atom stereocenters. The zero-order valence-corrected chi connectivity index (χ0v) is 39.1. The highest BCUT2D eigenvalue weighted by atomic mass is 32.2. The van der Waals surface area contributed by atoms with Crippen LogP contribution in [0, 0.1) is 11.8 Å². The molecule has 5 aromatic rings. The number of ether oxygens (including phenoxy) is 3. The van der Waals surface area contributed by atoms with Crippen LogP contribution in [0.5, 0.6) is 11.5 Å². The van der Waals surface area contributed by atoms with Gasteiger partial charge in [0.15, 0.2) is 5.17 Å². The SMILES string of the molecule is COc1ccc(CN(O)[C@H](C#CCCN=C(NS(=O)(=O)c2ccc(OC)cc2)SC)[C@H](CO[Si](c2ccccc2)(c2ccccc2)C(C)(C)C)NC(=O)OCc2ccccc2)cc1. The Morgan fingerprint density at radius 1 is 0.810 bits per heavy atom. The molecular weight excluding hydrogens is 853 g/mol.